The molecule has 4 nitrogen and oxygen atoms in total. The van der Waals surface area contributed by atoms with Gasteiger partial charge in [-0.1, -0.05) is 51.1 Å². The number of hydrogen-bond donors (Lipinski definition) is 1. The number of benzene rings is 1. The van der Waals surface area contributed by atoms with Crippen molar-refractivity contribution in [1.29, 1.82) is 0 Å². The average molecular weight is 356 g/mol. The molecule has 3 aliphatic rings. The highest BCUT2D eigenvalue weighted by atomic mass is 16.5. The Morgan fingerprint density at radius 3 is 2.69 bits per heavy atom. The Bertz CT molecular complexity index is 657. The number of nitrogens with zero attached hydrogens (tertiary/aromatic N) is 2. The standard InChI is InChI=1S/C22H33N3O/c1-15-14-25(12-10-17(15)16-8-6-5-7-9-16)21(23-4)24-19-18-11-13-26-20(18)22(19,2)3/h5-9,15,17-20H,10-14H2,1-4H3,(H,23,24). The van der Waals surface area contributed by atoms with Crippen LogP contribution in [0.25, 0.3) is 0 Å². The minimum absolute atomic E-state index is 0.186. The van der Waals surface area contributed by atoms with Crippen molar-refractivity contribution in [3.63, 3.8) is 0 Å². The summed E-state index contributed by atoms with van der Waals surface area (Å²) >= 11 is 0. The maximum Gasteiger partial charge on any atom is 0.193 e. The second kappa shape index (κ2) is 6.88. The Balaban J connectivity index is 1.41. The van der Waals surface area contributed by atoms with Crippen LogP contribution in [0.15, 0.2) is 35.3 Å². The van der Waals surface area contributed by atoms with Crippen LogP contribution in [0.1, 0.15) is 45.1 Å². The number of piperidine rings is 1. The molecule has 142 valence electrons. The van der Waals surface area contributed by atoms with Crippen LogP contribution < -0.4 is 5.32 Å². The Labute approximate surface area is 158 Å². The van der Waals surface area contributed by atoms with E-state index in [1.807, 2.05) is 7.05 Å². The van der Waals surface area contributed by atoms with Gasteiger partial charge in [-0.2, -0.15) is 0 Å². The number of likely N-dealkylation sites (tertiary alicyclic amines) is 1. The number of rotatable bonds is 2. The van der Waals surface area contributed by atoms with E-state index in [2.05, 4.69) is 66.3 Å². The average Bonchev–Trinajstić information content (AvgIpc) is 3.10. The van der Waals surface area contributed by atoms with Crippen LogP contribution in [-0.4, -0.2) is 49.7 Å². The molecule has 5 unspecified atom stereocenters. The van der Waals surface area contributed by atoms with Gasteiger partial charge in [0.25, 0.3) is 0 Å². The SMILES string of the molecule is CN=C(NC1C2CCOC2C1(C)C)N1CCC(c2ccccc2)C(C)C1. The molecule has 1 N–H and O–H groups in total. The fourth-order valence-corrected chi connectivity index (χ4v) is 5.59. The molecule has 2 aliphatic heterocycles. The van der Waals surface area contributed by atoms with Crippen molar-refractivity contribution in [3.8, 4) is 0 Å². The van der Waals surface area contributed by atoms with E-state index in [0.29, 0.717) is 29.9 Å². The molecule has 1 aromatic carbocycles. The van der Waals surface area contributed by atoms with Crippen molar-refractivity contribution in [2.75, 3.05) is 26.7 Å². The number of nitrogens with one attached hydrogen (secondary N) is 1. The molecule has 4 heteroatoms. The first kappa shape index (κ1) is 17.8. The molecular formula is C22H33N3O. The lowest BCUT2D eigenvalue weighted by molar-refractivity contribution is -0.107. The number of fused-ring (bicyclic) bond motifs is 1. The molecule has 0 spiro atoms. The summed E-state index contributed by atoms with van der Waals surface area (Å²) < 4.78 is 5.94. The van der Waals surface area contributed by atoms with E-state index in [0.717, 1.165) is 25.7 Å². The summed E-state index contributed by atoms with van der Waals surface area (Å²) in [4.78, 5) is 7.10. The highest BCUT2D eigenvalue weighted by Crippen LogP contribution is 2.52. The molecular weight excluding hydrogens is 322 g/mol. The largest absolute Gasteiger partial charge is 0.377 e. The van der Waals surface area contributed by atoms with Crippen LogP contribution >= 0.6 is 0 Å². The lowest BCUT2D eigenvalue weighted by Gasteiger charge is -2.55. The highest BCUT2D eigenvalue weighted by Gasteiger charge is 2.59. The normalized spacial score (nSPS) is 36.4. The molecule has 0 radical (unpaired) electrons. The monoisotopic (exact) mass is 355 g/mol. The van der Waals surface area contributed by atoms with Gasteiger partial charge in [0.2, 0.25) is 0 Å². The van der Waals surface area contributed by atoms with Crippen molar-refractivity contribution < 1.29 is 4.74 Å². The van der Waals surface area contributed by atoms with Gasteiger partial charge < -0.3 is 15.0 Å². The summed E-state index contributed by atoms with van der Waals surface area (Å²) in [6.07, 6.45) is 2.78. The van der Waals surface area contributed by atoms with Crippen molar-refractivity contribution >= 4 is 5.96 Å². The van der Waals surface area contributed by atoms with Crippen LogP contribution in [0.2, 0.25) is 0 Å². The van der Waals surface area contributed by atoms with Gasteiger partial charge >= 0.3 is 0 Å². The fourth-order valence-electron chi connectivity index (χ4n) is 5.59. The molecule has 2 heterocycles. The van der Waals surface area contributed by atoms with E-state index in [1.54, 1.807) is 0 Å². The predicted octanol–water partition coefficient (Wildman–Crippen LogP) is 3.50. The van der Waals surface area contributed by atoms with E-state index in [-0.39, 0.29) is 5.41 Å². The smallest absolute Gasteiger partial charge is 0.193 e. The molecule has 2 saturated heterocycles. The zero-order valence-electron chi connectivity index (χ0n) is 16.6. The molecule has 1 saturated carbocycles. The molecule has 3 fully saturated rings. The van der Waals surface area contributed by atoms with Crippen LogP contribution in [0.4, 0.5) is 0 Å². The number of ether oxygens (including phenoxy) is 1. The van der Waals surface area contributed by atoms with Crippen LogP contribution in [0, 0.1) is 17.3 Å². The fraction of sp³-hybridized carbons (Fsp3) is 0.682. The number of aliphatic imine (C=N–C) groups is 1. The summed E-state index contributed by atoms with van der Waals surface area (Å²) in [7, 11) is 1.92. The van der Waals surface area contributed by atoms with Gasteiger partial charge in [-0.15, -0.1) is 0 Å². The third-order valence-corrected chi connectivity index (χ3v) is 7.03. The zero-order valence-corrected chi connectivity index (χ0v) is 16.6. The van der Waals surface area contributed by atoms with Crippen molar-refractivity contribution in [2.45, 2.75) is 51.7 Å². The Morgan fingerprint density at radius 2 is 2.00 bits per heavy atom. The quantitative estimate of drug-likeness (QED) is 0.652. The van der Waals surface area contributed by atoms with Gasteiger partial charge in [-0.25, -0.2) is 0 Å². The first-order chi connectivity index (χ1) is 12.5. The molecule has 5 atom stereocenters. The lowest BCUT2D eigenvalue weighted by Crippen LogP contribution is -2.68. The van der Waals surface area contributed by atoms with E-state index in [9.17, 15) is 0 Å². The molecule has 0 aromatic heterocycles. The van der Waals surface area contributed by atoms with Gasteiger partial charge in [-0.3, -0.25) is 4.99 Å². The van der Waals surface area contributed by atoms with Crippen LogP contribution in [0.5, 0.6) is 0 Å². The minimum Gasteiger partial charge on any atom is -0.377 e. The third kappa shape index (κ3) is 2.92. The summed E-state index contributed by atoms with van der Waals surface area (Å²) in [5.41, 5.74) is 1.67. The van der Waals surface area contributed by atoms with Crippen LogP contribution in [-0.2, 0) is 4.74 Å². The Morgan fingerprint density at radius 1 is 1.23 bits per heavy atom. The highest BCUT2D eigenvalue weighted by molar-refractivity contribution is 5.80. The first-order valence-corrected chi connectivity index (χ1v) is 10.2. The van der Waals surface area contributed by atoms with Crippen molar-refractivity contribution in [2.24, 2.45) is 22.2 Å². The second-order valence-electron chi connectivity index (χ2n) is 8.96. The minimum atomic E-state index is 0.186. The van der Waals surface area contributed by atoms with Crippen molar-refractivity contribution in [1.82, 2.24) is 10.2 Å². The van der Waals surface area contributed by atoms with Crippen molar-refractivity contribution in [3.05, 3.63) is 35.9 Å². The lowest BCUT2D eigenvalue weighted by atomic mass is 9.57. The summed E-state index contributed by atoms with van der Waals surface area (Å²) in [6, 6.07) is 11.5. The van der Waals surface area contributed by atoms with Gasteiger partial charge in [0, 0.05) is 44.1 Å². The number of guanidine groups is 1. The van der Waals surface area contributed by atoms with Gasteiger partial charge in [0.15, 0.2) is 5.96 Å². The van der Waals surface area contributed by atoms with Crippen LogP contribution in [0.3, 0.4) is 0 Å². The maximum absolute atomic E-state index is 5.94. The maximum atomic E-state index is 5.94. The van der Waals surface area contributed by atoms with E-state index in [4.69, 9.17) is 4.74 Å². The van der Waals surface area contributed by atoms with Gasteiger partial charge in [0.1, 0.15) is 0 Å². The molecule has 1 aromatic rings. The summed E-state index contributed by atoms with van der Waals surface area (Å²) in [6.45, 7) is 10.1. The first-order valence-electron chi connectivity index (χ1n) is 10.2. The molecule has 0 amide bonds. The summed E-state index contributed by atoms with van der Waals surface area (Å²) in [5.74, 6) is 2.99. The molecule has 0 bridgehead atoms. The summed E-state index contributed by atoms with van der Waals surface area (Å²) in [5, 5.41) is 3.81. The van der Waals surface area contributed by atoms with E-state index in [1.165, 1.54) is 18.4 Å². The zero-order chi connectivity index (χ0) is 18.3. The molecule has 26 heavy (non-hydrogen) atoms. The van der Waals surface area contributed by atoms with Gasteiger partial charge in [0.05, 0.1) is 6.10 Å². The Kier molecular flexibility index (Phi) is 4.72. The Hall–Kier alpha value is -1.55. The predicted molar refractivity (Wildman–Crippen MR) is 106 cm³/mol. The van der Waals surface area contributed by atoms with E-state index < -0.39 is 0 Å². The van der Waals surface area contributed by atoms with Gasteiger partial charge in [-0.05, 0) is 30.2 Å². The van der Waals surface area contributed by atoms with E-state index >= 15 is 0 Å². The topological polar surface area (TPSA) is 36.9 Å². The molecule has 4 rings (SSSR count). The number of hydrogen-bond acceptors (Lipinski definition) is 2. The third-order valence-electron chi connectivity index (χ3n) is 7.03. The molecule has 1 aliphatic carbocycles. The second-order valence-corrected chi connectivity index (χ2v) is 8.96.